The number of aromatic hydroxyl groups is 2. The van der Waals surface area contributed by atoms with E-state index < -0.39 is 0 Å². The monoisotopic (exact) mass is 416 g/mol. The number of ether oxygens (including phenoxy) is 1. The highest BCUT2D eigenvalue weighted by Crippen LogP contribution is 2.32. The fourth-order valence-electron chi connectivity index (χ4n) is 2.10. The molecule has 0 aliphatic rings. The summed E-state index contributed by atoms with van der Waals surface area (Å²) in [6, 6.07) is 9.40. The van der Waals surface area contributed by atoms with Crippen molar-refractivity contribution >= 4 is 39.6 Å². The second-order valence-electron chi connectivity index (χ2n) is 5.41. The van der Waals surface area contributed by atoms with Gasteiger partial charge in [-0.15, -0.1) is 0 Å². The Labute approximate surface area is 159 Å². The molecule has 0 spiro atoms. The number of carbonyl (C=O) groups is 2. The molecule has 0 fully saturated rings. The van der Waals surface area contributed by atoms with E-state index in [1.807, 2.05) is 0 Å². The second kappa shape index (κ2) is 9.01. The summed E-state index contributed by atoms with van der Waals surface area (Å²) < 4.78 is 5.62. The largest absolute Gasteiger partial charge is 0.508 e. The van der Waals surface area contributed by atoms with Gasteiger partial charge in [-0.25, -0.2) is 0 Å². The molecule has 0 saturated heterocycles. The summed E-state index contributed by atoms with van der Waals surface area (Å²) in [6.07, 6.45) is 5.52. The smallest absolute Gasteiger partial charge is 0.163 e. The van der Waals surface area contributed by atoms with Crippen LogP contribution in [0.3, 0.4) is 0 Å². The molecule has 0 aliphatic heterocycles. The molecule has 0 aliphatic carbocycles. The van der Waals surface area contributed by atoms with Crippen molar-refractivity contribution in [1.82, 2.24) is 0 Å². The van der Waals surface area contributed by atoms with Gasteiger partial charge in [-0.1, -0.05) is 40.2 Å². The van der Waals surface area contributed by atoms with E-state index in [2.05, 4.69) is 15.9 Å². The maximum Gasteiger partial charge on any atom is 0.163 e. The topological polar surface area (TPSA) is 83.8 Å². The Morgan fingerprint density at radius 1 is 1.04 bits per heavy atom. The van der Waals surface area contributed by atoms with Gasteiger partial charge in [-0.2, -0.15) is 0 Å². The molecule has 2 aromatic rings. The number of phenols is 2. The van der Waals surface area contributed by atoms with Gasteiger partial charge in [0.15, 0.2) is 23.1 Å². The van der Waals surface area contributed by atoms with Crippen molar-refractivity contribution in [2.75, 3.05) is 7.11 Å². The normalized spacial score (nSPS) is 11.2. The van der Waals surface area contributed by atoms with Crippen LogP contribution in [0.5, 0.6) is 17.2 Å². The first-order valence-corrected chi connectivity index (χ1v) is 8.45. The summed E-state index contributed by atoms with van der Waals surface area (Å²) in [5.41, 5.74) is 1.39. The Hall–Kier alpha value is -2.86. The van der Waals surface area contributed by atoms with Crippen molar-refractivity contribution < 1.29 is 24.5 Å². The van der Waals surface area contributed by atoms with Gasteiger partial charge in [0, 0.05) is 4.47 Å². The van der Waals surface area contributed by atoms with Crippen molar-refractivity contribution in [1.29, 1.82) is 0 Å². The predicted octanol–water partition coefficient (Wildman–Crippen LogP) is 4.12. The summed E-state index contributed by atoms with van der Waals surface area (Å²) in [4.78, 5) is 23.8. The van der Waals surface area contributed by atoms with Crippen LogP contribution in [0.25, 0.3) is 12.2 Å². The molecule has 6 heteroatoms. The highest BCUT2D eigenvalue weighted by atomic mass is 79.9. The number of hydrogen-bond acceptors (Lipinski definition) is 5. The first-order chi connectivity index (χ1) is 12.4. The fraction of sp³-hybridized carbons (Fsp3) is 0.100. The minimum absolute atomic E-state index is 0.0163. The van der Waals surface area contributed by atoms with Crippen LogP contribution in [-0.2, 0) is 9.59 Å². The van der Waals surface area contributed by atoms with Gasteiger partial charge in [0.1, 0.15) is 5.75 Å². The predicted molar refractivity (Wildman–Crippen MR) is 103 cm³/mol. The van der Waals surface area contributed by atoms with E-state index in [0.717, 1.165) is 5.56 Å². The zero-order valence-electron chi connectivity index (χ0n) is 14.0. The lowest BCUT2D eigenvalue weighted by atomic mass is 10.1. The number of phenolic OH excluding ortho intramolecular Hbond substituents is 2. The Bertz CT molecular complexity index is 867. The molecule has 26 heavy (non-hydrogen) atoms. The van der Waals surface area contributed by atoms with E-state index in [4.69, 9.17) is 4.74 Å². The summed E-state index contributed by atoms with van der Waals surface area (Å²) in [5.74, 6) is -0.254. The number of carbonyl (C=O) groups excluding carboxylic acids is 2. The molecule has 2 aromatic carbocycles. The van der Waals surface area contributed by atoms with E-state index in [0.29, 0.717) is 10.0 Å². The van der Waals surface area contributed by atoms with Crippen molar-refractivity contribution in [3.63, 3.8) is 0 Å². The van der Waals surface area contributed by atoms with Gasteiger partial charge in [0.2, 0.25) is 0 Å². The average Bonchev–Trinajstić information content (AvgIpc) is 2.60. The lowest BCUT2D eigenvalue weighted by Gasteiger charge is -2.06. The Balaban J connectivity index is 1.98. The number of methoxy groups -OCH3 is 1. The Kier molecular flexibility index (Phi) is 6.74. The molecule has 0 unspecified atom stereocenters. The molecule has 0 aromatic heterocycles. The number of ketones is 2. The molecular formula is C20H17BrO5. The molecule has 0 bridgehead atoms. The van der Waals surface area contributed by atoms with E-state index >= 15 is 0 Å². The number of halogens is 1. The first-order valence-electron chi connectivity index (χ1n) is 7.66. The third-order valence-corrected chi connectivity index (χ3v) is 4.14. The minimum Gasteiger partial charge on any atom is -0.508 e. The van der Waals surface area contributed by atoms with Crippen molar-refractivity contribution in [3.8, 4) is 17.2 Å². The van der Waals surface area contributed by atoms with Crippen LogP contribution in [0.2, 0.25) is 0 Å². The van der Waals surface area contributed by atoms with E-state index in [-0.39, 0.29) is 35.2 Å². The summed E-state index contributed by atoms with van der Waals surface area (Å²) in [5, 5.41) is 18.9. The Morgan fingerprint density at radius 3 is 2.27 bits per heavy atom. The highest BCUT2D eigenvalue weighted by molar-refractivity contribution is 9.10. The maximum absolute atomic E-state index is 11.9. The van der Waals surface area contributed by atoms with Crippen LogP contribution in [0, 0.1) is 0 Å². The minimum atomic E-state index is -0.343. The zero-order valence-corrected chi connectivity index (χ0v) is 15.6. The molecule has 0 atom stereocenters. The fourth-order valence-corrected chi connectivity index (χ4v) is 2.56. The number of hydrogen-bond donors (Lipinski definition) is 2. The van der Waals surface area contributed by atoms with Gasteiger partial charge >= 0.3 is 0 Å². The molecule has 134 valence electrons. The second-order valence-corrected chi connectivity index (χ2v) is 6.27. The van der Waals surface area contributed by atoms with Gasteiger partial charge in [-0.05, 0) is 47.5 Å². The summed E-state index contributed by atoms with van der Waals surface area (Å²) in [6.45, 7) is 0. The summed E-state index contributed by atoms with van der Waals surface area (Å²) in [7, 11) is 1.43. The van der Waals surface area contributed by atoms with Gasteiger partial charge in [0.05, 0.1) is 13.5 Å². The van der Waals surface area contributed by atoms with Crippen LogP contribution in [0.1, 0.15) is 17.5 Å². The van der Waals surface area contributed by atoms with E-state index in [1.165, 1.54) is 37.5 Å². The standard InChI is InChI=1S/C20H17BrO5/c1-26-20-10-14(18(21)12-19(20)25)5-9-17(24)11-16(23)8-4-13-2-6-15(22)7-3-13/h2-10,12,22,25H,11H2,1H3. The maximum atomic E-state index is 11.9. The lowest BCUT2D eigenvalue weighted by Crippen LogP contribution is -2.01. The summed E-state index contributed by atoms with van der Waals surface area (Å²) >= 11 is 3.29. The van der Waals surface area contributed by atoms with E-state index in [1.54, 1.807) is 30.4 Å². The van der Waals surface area contributed by atoms with Gasteiger partial charge in [0.25, 0.3) is 0 Å². The number of rotatable bonds is 7. The quantitative estimate of drug-likeness (QED) is 0.523. The lowest BCUT2D eigenvalue weighted by molar-refractivity contribution is -0.121. The number of benzene rings is 2. The molecule has 2 N–H and O–H groups in total. The highest BCUT2D eigenvalue weighted by Gasteiger charge is 2.08. The van der Waals surface area contributed by atoms with Crippen LogP contribution < -0.4 is 4.74 Å². The van der Waals surface area contributed by atoms with Crippen molar-refractivity contribution in [2.45, 2.75) is 6.42 Å². The van der Waals surface area contributed by atoms with Crippen LogP contribution >= 0.6 is 15.9 Å². The third-order valence-electron chi connectivity index (χ3n) is 3.45. The Morgan fingerprint density at radius 2 is 1.65 bits per heavy atom. The van der Waals surface area contributed by atoms with E-state index in [9.17, 15) is 19.8 Å². The van der Waals surface area contributed by atoms with Crippen LogP contribution in [0.15, 0.2) is 53.0 Å². The molecule has 0 heterocycles. The average molecular weight is 417 g/mol. The molecule has 0 saturated carbocycles. The molecule has 2 rings (SSSR count). The van der Waals surface area contributed by atoms with Gasteiger partial charge in [-0.3, -0.25) is 9.59 Å². The third kappa shape index (κ3) is 5.60. The van der Waals surface area contributed by atoms with Gasteiger partial charge < -0.3 is 14.9 Å². The zero-order chi connectivity index (χ0) is 19.1. The molecule has 0 amide bonds. The molecule has 0 radical (unpaired) electrons. The van der Waals surface area contributed by atoms with Crippen molar-refractivity contribution in [2.24, 2.45) is 0 Å². The van der Waals surface area contributed by atoms with Crippen LogP contribution in [0.4, 0.5) is 0 Å². The first kappa shape index (κ1) is 19.5. The number of allylic oxidation sites excluding steroid dienone is 2. The molecular weight excluding hydrogens is 400 g/mol. The van der Waals surface area contributed by atoms with Crippen molar-refractivity contribution in [3.05, 3.63) is 64.1 Å². The molecule has 5 nitrogen and oxygen atoms in total. The van der Waals surface area contributed by atoms with Crippen LogP contribution in [-0.4, -0.2) is 28.9 Å². The SMILES string of the molecule is COc1cc(C=CC(=O)CC(=O)C=Cc2ccc(O)cc2)c(Br)cc1O.